The molecule has 1 heterocycles. The third kappa shape index (κ3) is 3.31. The Balaban J connectivity index is 2.39. The third-order valence-electron chi connectivity index (χ3n) is 3.77. The summed E-state index contributed by atoms with van der Waals surface area (Å²) in [5.41, 5.74) is 2.97. The van der Waals surface area contributed by atoms with Crippen LogP contribution < -0.4 is 4.74 Å². The van der Waals surface area contributed by atoms with E-state index in [1.807, 2.05) is 39.0 Å². The average Bonchev–Trinajstić information content (AvgIpc) is 2.91. The van der Waals surface area contributed by atoms with Gasteiger partial charge in [-0.25, -0.2) is 4.79 Å². The molecule has 2 rings (SSSR count). The summed E-state index contributed by atoms with van der Waals surface area (Å²) in [4.78, 5) is 11.9. The maximum Gasteiger partial charge on any atom is 0.333 e. The van der Waals surface area contributed by atoms with Crippen LogP contribution in [0.15, 0.2) is 40.8 Å². The van der Waals surface area contributed by atoms with Gasteiger partial charge in [0.25, 0.3) is 0 Å². The van der Waals surface area contributed by atoms with Crippen LogP contribution in [0.3, 0.4) is 0 Å². The summed E-state index contributed by atoms with van der Waals surface area (Å²) >= 11 is 0. The van der Waals surface area contributed by atoms with Crippen LogP contribution in [-0.4, -0.2) is 13.1 Å². The highest BCUT2D eigenvalue weighted by atomic mass is 16.5. The summed E-state index contributed by atoms with van der Waals surface area (Å²) < 4.78 is 16.7. The molecule has 0 N–H and O–H groups in total. The molecule has 0 aliphatic carbocycles. The second-order valence-electron chi connectivity index (χ2n) is 5.52. The zero-order valence-corrected chi connectivity index (χ0v) is 14.2. The monoisotopic (exact) mass is 314 g/mol. The second-order valence-corrected chi connectivity index (χ2v) is 5.52. The van der Waals surface area contributed by atoms with E-state index in [2.05, 4.69) is 6.58 Å². The smallest absolute Gasteiger partial charge is 0.333 e. The fraction of sp³-hybridized carbons (Fsp3) is 0.316. The lowest BCUT2D eigenvalue weighted by molar-refractivity contribution is -0.143. The first-order chi connectivity index (χ1) is 10.9. The van der Waals surface area contributed by atoms with Gasteiger partial charge in [0.15, 0.2) is 11.5 Å². The number of esters is 1. The zero-order chi connectivity index (χ0) is 17.1. The fourth-order valence-corrected chi connectivity index (χ4v) is 2.27. The number of carbonyl (C=O) groups is 1. The van der Waals surface area contributed by atoms with E-state index in [4.69, 9.17) is 13.9 Å². The Morgan fingerprint density at radius 3 is 2.61 bits per heavy atom. The van der Waals surface area contributed by atoms with E-state index in [1.54, 1.807) is 20.1 Å². The first-order valence-corrected chi connectivity index (χ1v) is 7.49. The number of hydrogen-bond donors (Lipinski definition) is 0. The van der Waals surface area contributed by atoms with E-state index in [0.29, 0.717) is 22.7 Å². The SMILES string of the molecule is C=C(C)c1oc2ccc(C(C)OC(=O)C(C)=CC)cc2c1OC. The first-order valence-electron chi connectivity index (χ1n) is 7.49. The predicted molar refractivity (Wildman–Crippen MR) is 91.4 cm³/mol. The third-order valence-corrected chi connectivity index (χ3v) is 3.77. The molecule has 1 aromatic carbocycles. The van der Waals surface area contributed by atoms with Crippen molar-refractivity contribution in [3.05, 3.63) is 47.8 Å². The van der Waals surface area contributed by atoms with E-state index < -0.39 is 0 Å². The molecule has 23 heavy (non-hydrogen) atoms. The number of hydrogen-bond acceptors (Lipinski definition) is 4. The molecule has 0 radical (unpaired) electrons. The minimum atomic E-state index is -0.366. The number of ether oxygens (including phenoxy) is 2. The van der Waals surface area contributed by atoms with E-state index in [-0.39, 0.29) is 12.1 Å². The Labute approximate surface area is 136 Å². The van der Waals surface area contributed by atoms with Crippen molar-refractivity contribution in [2.45, 2.75) is 33.8 Å². The molecule has 0 aliphatic rings. The maximum atomic E-state index is 11.9. The summed E-state index contributed by atoms with van der Waals surface area (Å²) in [6.45, 7) is 11.2. The predicted octanol–water partition coefficient (Wildman–Crippen LogP) is 5.04. The van der Waals surface area contributed by atoms with Crippen molar-refractivity contribution in [1.29, 1.82) is 0 Å². The molecular weight excluding hydrogens is 292 g/mol. The highest BCUT2D eigenvalue weighted by molar-refractivity contribution is 5.90. The molecule has 0 spiro atoms. The number of furan rings is 1. The van der Waals surface area contributed by atoms with Crippen molar-refractivity contribution >= 4 is 22.5 Å². The summed E-state index contributed by atoms with van der Waals surface area (Å²) in [6, 6.07) is 5.66. The Kier molecular flexibility index (Phi) is 4.94. The van der Waals surface area contributed by atoms with Gasteiger partial charge in [-0.3, -0.25) is 0 Å². The Hall–Kier alpha value is -2.49. The number of methoxy groups -OCH3 is 1. The second kappa shape index (κ2) is 6.73. The lowest BCUT2D eigenvalue weighted by Crippen LogP contribution is -2.09. The number of fused-ring (bicyclic) bond motifs is 1. The van der Waals surface area contributed by atoms with E-state index >= 15 is 0 Å². The van der Waals surface area contributed by atoms with Crippen LogP contribution >= 0.6 is 0 Å². The molecule has 0 bridgehead atoms. The van der Waals surface area contributed by atoms with E-state index in [1.165, 1.54) is 0 Å². The number of rotatable bonds is 5. The molecule has 2 aromatic rings. The standard InChI is InChI=1S/C19H22O4/c1-7-12(4)19(20)22-13(5)14-8-9-16-15(10-14)18(21-6)17(23-16)11(2)3/h7-10,13H,2H2,1,3-6H3. The number of allylic oxidation sites excluding steroid dienone is 2. The van der Waals surface area contributed by atoms with Gasteiger partial charge in [-0.2, -0.15) is 0 Å². The van der Waals surface area contributed by atoms with Crippen molar-refractivity contribution in [2.75, 3.05) is 7.11 Å². The molecular formula is C19H22O4. The van der Waals surface area contributed by atoms with Gasteiger partial charge in [0, 0.05) is 5.57 Å². The average molecular weight is 314 g/mol. The van der Waals surface area contributed by atoms with Gasteiger partial charge in [0.1, 0.15) is 11.7 Å². The van der Waals surface area contributed by atoms with Crippen molar-refractivity contribution in [1.82, 2.24) is 0 Å². The molecule has 0 amide bonds. The quantitative estimate of drug-likeness (QED) is 0.572. The highest BCUT2D eigenvalue weighted by Crippen LogP contribution is 2.38. The number of benzene rings is 1. The normalized spacial score (nSPS) is 13.0. The number of carbonyl (C=O) groups excluding carboxylic acids is 1. The molecule has 0 saturated heterocycles. The van der Waals surface area contributed by atoms with Gasteiger partial charge in [0.05, 0.1) is 12.5 Å². The molecule has 0 aliphatic heterocycles. The minimum Gasteiger partial charge on any atom is -0.492 e. The molecule has 4 heteroatoms. The van der Waals surface area contributed by atoms with Crippen LogP contribution in [0, 0.1) is 0 Å². The van der Waals surface area contributed by atoms with Gasteiger partial charge in [-0.1, -0.05) is 18.7 Å². The fourth-order valence-electron chi connectivity index (χ4n) is 2.27. The Morgan fingerprint density at radius 2 is 2.04 bits per heavy atom. The van der Waals surface area contributed by atoms with Crippen molar-refractivity contribution in [3.63, 3.8) is 0 Å². The Morgan fingerprint density at radius 1 is 1.35 bits per heavy atom. The van der Waals surface area contributed by atoms with E-state index in [0.717, 1.165) is 16.5 Å². The first kappa shape index (κ1) is 16.9. The van der Waals surface area contributed by atoms with Crippen LogP contribution in [0.2, 0.25) is 0 Å². The van der Waals surface area contributed by atoms with Crippen molar-refractivity contribution in [3.8, 4) is 5.75 Å². The van der Waals surface area contributed by atoms with Crippen LogP contribution in [-0.2, 0) is 9.53 Å². The van der Waals surface area contributed by atoms with Gasteiger partial charge in [0.2, 0.25) is 0 Å². The summed E-state index contributed by atoms with van der Waals surface area (Å²) in [7, 11) is 1.60. The lowest BCUT2D eigenvalue weighted by Gasteiger charge is -2.14. The molecule has 1 aromatic heterocycles. The van der Waals surface area contributed by atoms with Crippen LogP contribution in [0.4, 0.5) is 0 Å². The largest absolute Gasteiger partial charge is 0.492 e. The zero-order valence-electron chi connectivity index (χ0n) is 14.2. The molecule has 4 nitrogen and oxygen atoms in total. The molecule has 0 saturated carbocycles. The van der Waals surface area contributed by atoms with Crippen molar-refractivity contribution < 1.29 is 18.7 Å². The van der Waals surface area contributed by atoms with Gasteiger partial charge in [-0.15, -0.1) is 0 Å². The Bertz CT molecular complexity index is 780. The summed E-state index contributed by atoms with van der Waals surface area (Å²) in [5.74, 6) is 0.966. The topological polar surface area (TPSA) is 48.7 Å². The maximum absolute atomic E-state index is 11.9. The molecule has 122 valence electrons. The van der Waals surface area contributed by atoms with Crippen molar-refractivity contribution in [2.24, 2.45) is 0 Å². The van der Waals surface area contributed by atoms with Gasteiger partial charge in [-0.05, 0) is 51.0 Å². The van der Waals surface area contributed by atoms with Crippen LogP contribution in [0.5, 0.6) is 5.75 Å². The summed E-state index contributed by atoms with van der Waals surface area (Å²) in [6.07, 6.45) is 1.37. The lowest BCUT2D eigenvalue weighted by atomic mass is 10.1. The van der Waals surface area contributed by atoms with Crippen LogP contribution in [0.25, 0.3) is 16.5 Å². The molecule has 1 atom stereocenters. The molecule has 0 fully saturated rings. The van der Waals surface area contributed by atoms with Gasteiger partial charge >= 0.3 is 5.97 Å². The van der Waals surface area contributed by atoms with E-state index in [9.17, 15) is 4.79 Å². The highest BCUT2D eigenvalue weighted by Gasteiger charge is 2.19. The van der Waals surface area contributed by atoms with Crippen LogP contribution in [0.1, 0.15) is 45.1 Å². The minimum absolute atomic E-state index is 0.318. The molecule has 1 unspecified atom stereocenters. The summed E-state index contributed by atoms with van der Waals surface area (Å²) in [5, 5.41) is 0.841. The van der Waals surface area contributed by atoms with Gasteiger partial charge < -0.3 is 13.9 Å².